The summed E-state index contributed by atoms with van der Waals surface area (Å²) in [6.07, 6.45) is -1.35. The highest BCUT2D eigenvalue weighted by Gasteiger charge is 2.78. The van der Waals surface area contributed by atoms with Gasteiger partial charge in [0.1, 0.15) is 22.5 Å². The van der Waals surface area contributed by atoms with Gasteiger partial charge in [-0.25, -0.2) is 9.59 Å². The molecule has 4 fully saturated rings. The molecule has 2 saturated heterocycles. The number of carbonyl (C=O) groups is 4. The van der Waals surface area contributed by atoms with Gasteiger partial charge in [0, 0.05) is 10.8 Å². The Hall–Kier alpha value is -4.41. The molecule has 0 unspecified atom stereocenters. The molecule has 11 heteroatoms. The molecule has 49 heavy (non-hydrogen) atoms. The van der Waals surface area contributed by atoms with Crippen LogP contribution in [0.3, 0.4) is 0 Å². The summed E-state index contributed by atoms with van der Waals surface area (Å²) in [5.74, 6) is -2.28. The van der Waals surface area contributed by atoms with Crippen LogP contribution in [0.2, 0.25) is 0 Å². The predicted molar refractivity (Wildman–Crippen MR) is 173 cm³/mol. The molecule has 2 aromatic carbocycles. The number of ether oxygens (including phenoxy) is 5. The summed E-state index contributed by atoms with van der Waals surface area (Å²) < 4.78 is 37.4. The van der Waals surface area contributed by atoms with Gasteiger partial charge in [-0.3, -0.25) is 14.4 Å². The molecule has 2 saturated carbocycles. The van der Waals surface area contributed by atoms with Crippen molar-refractivity contribution >= 4 is 45.8 Å². The summed E-state index contributed by atoms with van der Waals surface area (Å²) in [4.78, 5) is 69.0. The molecule has 3 aromatic rings. The fourth-order valence-electron chi connectivity index (χ4n) is 9.23. The van der Waals surface area contributed by atoms with Crippen molar-refractivity contribution in [3.05, 3.63) is 52.2 Å². The maximum atomic E-state index is 14.6. The lowest BCUT2D eigenvalue weighted by Gasteiger charge is -2.45. The molecule has 11 nitrogen and oxygen atoms in total. The number of carbonyl (C=O) groups excluding carboxylic acids is 4. The summed E-state index contributed by atoms with van der Waals surface area (Å²) in [7, 11) is 0. The van der Waals surface area contributed by atoms with Gasteiger partial charge in [-0.1, -0.05) is 39.8 Å². The lowest BCUT2D eigenvalue weighted by atomic mass is 9.66. The molecule has 2 aliphatic carbocycles. The zero-order valence-electron chi connectivity index (χ0n) is 28.9. The minimum absolute atomic E-state index is 0.103. The molecule has 0 radical (unpaired) electrons. The van der Waals surface area contributed by atoms with E-state index in [9.17, 15) is 24.0 Å². The lowest BCUT2D eigenvalue weighted by Crippen LogP contribution is -2.57. The van der Waals surface area contributed by atoms with E-state index < -0.39 is 74.5 Å². The van der Waals surface area contributed by atoms with Crippen molar-refractivity contribution in [1.82, 2.24) is 0 Å². The third kappa shape index (κ3) is 3.51. The molecule has 4 bridgehead atoms. The van der Waals surface area contributed by atoms with Crippen molar-refractivity contribution in [1.29, 1.82) is 0 Å². The van der Waals surface area contributed by atoms with Gasteiger partial charge in [0.05, 0.1) is 27.2 Å². The number of rotatable bonds is 4. The van der Waals surface area contributed by atoms with Gasteiger partial charge in [0.25, 0.3) is 0 Å². The van der Waals surface area contributed by atoms with Crippen molar-refractivity contribution in [2.45, 2.75) is 110 Å². The lowest BCUT2D eigenvalue weighted by molar-refractivity contribution is -0.217. The van der Waals surface area contributed by atoms with Gasteiger partial charge in [-0.15, -0.1) is 0 Å². The predicted octanol–water partition coefficient (Wildman–Crippen LogP) is 5.86. The van der Waals surface area contributed by atoms with Crippen LogP contribution >= 0.6 is 0 Å². The van der Waals surface area contributed by atoms with E-state index >= 15 is 0 Å². The summed E-state index contributed by atoms with van der Waals surface area (Å²) in [5, 5.41) is 0.572. The Morgan fingerprint density at radius 2 is 1.22 bits per heavy atom. The van der Waals surface area contributed by atoms with Crippen LogP contribution in [0.4, 0.5) is 0 Å². The fourth-order valence-corrected chi connectivity index (χ4v) is 9.23. The number of esters is 4. The van der Waals surface area contributed by atoms with Gasteiger partial charge in [-0.05, 0) is 77.6 Å². The Morgan fingerprint density at radius 3 is 1.76 bits per heavy atom. The normalized spacial score (nSPS) is 35.8. The fraction of sp³-hybridized carbons (Fsp3) is 0.553. The second kappa shape index (κ2) is 9.22. The summed E-state index contributed by atoms with van der Waals surface area (Å²) in [6.45, 7) is 14.3. The Balaban J connectivity index is 1.30. The summed E-state index contributed by atoms with van der Waals surface area (Å²) in [5.41, 5.74) is -7.85. The molecule has 0 spiro atoms. The van der Waals surface area contributed by atoms with Gasteiger partial charge >= 0.3 is 23.9 Å². The van der Waals surface area contributed by atoms with Crippen molar-refractivity contribution in [2.75, 3.05) is 0 Å². The van der Waals surface area contributed by atoms with Gasteiger partial charge in [-0.2, -0.15) is 0 Å². The third-order valence-electron chi connectivity index (χ3n) is 13.7. The zero-order valence-corrected chi connectivity index (χ0v) is 28.9. The Labute approximate surface area is 282 Å². The summed E-state index contributed by atoms with van der Waals surface area (Å²) in [6, 6.07) is 9.99. The molecule has 3 aliphatic heterocycles. The second-order valence-electron chi connectivity index (χ2n) is 16.5. The smallest absolute Gasteiger partial charge is 0.351 e. The molecule has 1 aromatic heterocycles. The van der Waals surface area contributed by atoms with Crippen molar-refractivity contribution in [3.8, 4) is 5.75 Å². The first-order valence-corrected chi connectivity index (χ1v) is 16.8. The SMILES string of the molecule is CC1(C)Oc2ccc3c(=O)c4ccccc4oc3c2[C@@H](OC(=O)[C@@]23CC[C@@](C)(C(=O)O2)C3(C)C)[C@H]1OC(=O)[C@@]12CC[C@@](C)(C(=O)O1)C2(C)C. The van der Waals surface area contributed by atoms with E-state index in [0.717, 1.165) is 0 Å². The molecule has 4 heterocycles. The molecule has 258 valence electrons. The molecule has 0 amide bonds. The van der Waals surface area contributed by atoms with Crippen LogP contribution in [0.25, 0.3) is 21.9 Å². The molecule has 0 N–H and O–H groups in total. The molecular formula is C38H40O11. The van der Waals surface area contributed by atoms with Crippen LogP contribution < -0.4 is 10.2 Å². The molecular weight excluding hydrogens is 632 g/mol. The van der Waals surface area contributed by atoms with Crippen molar-refractivity contribution in [3.63, 3.8) is 0 Å². The van der Waals surface area contributed by atoms with E-state index in [1.54, 1.807) is 64.1 Å². The quantitative estimate of drug-likeness (QED) is 0.187. The number of para-hydroxylation sites is 1. The summed E-state index contributed by atoms with van der Waals surface area (Å²) >= 11 is 0. The van der Waals surface area contributed by atoms with Crippen molar-refractivity contribution in [2.24, 2.45) is 21.7 Å². The standard InChI is InChI=1S/C38H40O11/c1-32(2)27(46-31(43)38-18-16-36(8,29(41)49-38)34(38,5)6)26(45-30(42)37-17-15-35(7,28(40)48-37)33(37,3)4)23-22(47-32)14-13-20-24(39)19-11-9-10-12-21(19)44-25(20)23/h9-14,26-27H,15-18H2,1-8H3/t26-,27-,35+,36+,37-,38-/m1/s1. The maximum Gasteiger partial charge on any atom is 0.351 e. The van der Waals surface area contributed by atoms with Crippen LogP contribution in [0.5, 0.6) is 5.75 Å². The average molecular weight is 673 g/mol. The average Bonchev–Trinajstić information content (AvgIpc) is 3.50. The van der Waals surface area contributed by atoms with Gasteiger partial charge < -0.3 is 28.1 Å². The second-order valence-corrected chi connectivity index (χ2v) is 16.5. The highest BCUT2D eigenvalue weighted by Crippen LogP contribution is 2.67. The first-order chi connectivity index (χ1) is 22.8. The topological polar surface area (TPSA) is 145 Å². The van der Waals surface area contributed by atoms with E-state index in [1.165, 1.54) is 0 Å². The molecule has 8 rings (SSSR count). The van der Waals surface area contributed by atoms with Crippen LogP contribution in [0.1, 0.15) is 92.7 Å². The molecule has 6 atom stereocenters. The number of benzene rings is 2. The minimum atomic E-state index is -1.61. The van der Waals surface area contributed by atoms with E-state index in [4.69, 9.17) is 28.1 Å². The van der Waals surface area contributed by atoms with E-state index in [2.05, 4.69) is 0 Å². The first kappa shape index (κ1) is 31.8. The zero-order chi connectivity index (χ0) is 35.3. The monoisotopic (exact) mass is 672 g/mol. The number of fused-ring (bicyclic) bond motifs is 8. The van der Waals surface area contributed by atoms with Crippen LogP contribution in [0, 0.1) is 21.7 Å². The van der Waals surface area contributed by atoms with E-state index in [-0.39, 0.29) is 40.6 Å². The van der Waals surface area contributed by atoms with Crippen LogP contribution in [-0.2, 0) is 38.1 Å². The Morgan fingerprint density at radius 1 is 0.673 bits per heavy atom. The molecule has 5 aliphatic rings. The van der Waals surface area contributed by atoms with Crippen molar-refractivity contribution < 1.29 is 47.3 Å². The maximum absolute atomic E-state index is 14.6. The van der Waals surface area contributed by atoms with Crippen LogP contribution in [-0.4, -0.2) is 46.8 Å². The van der Waals surface area contributed by atoms with Crippen LogP contribution in [0.15, 0.2) is 45.6 Å². The largest absolute Gasteiger partial charge is 0.483 e. The Kier molecular flexibility index (Phi) is 5.99. The number of hydrogen-bond acceptors (Lipinski definition) is 11. The first-order valence-electron chi connectivity index (χ1n) is 16.8. The Bertz CT molecular complexity index is 2110. The highest BCUT2D eigenvalue weighted by atomic mass is 16.7. The van der Waals surface area contributed by atoms with Gasteiger partial charge in [0.15, 0.2) is 12.2 Å². The minimum Gasteiger partial charge on any atom is -0.483 e. The van der Waals surface area contributed by atoms with E-state index in [1.807, 2.05) is 27.7 Å². The number of hydrogen-bond donors (Lipinski definition) is 0. The van der Waals surface area contributed by atoms with E-state index in [0.29, 0.717) is 23.8 Å². The third-order valence-corrected chi connectivity index (χ3v) is 13.7. The van der Waals surface area contributed by atoms with Gasteiger partial charge in [0.2, 0.25) is 16.6 Å². The highest BCUT2D eigenvalue weighted by molar-refractivity contribution is 5.96.